The molecule has 0 saturated heterocycles. The molecule has 0 amide bonds. The summed E-state index contributed by atoms with van der Waals surface area (Å²) in [5.74, 6) is -0.497. The molecule has 0 unspecified atom stereocenters. The first kappa shape index (κ1) is 18.3. The van der Waals surface area contributed by atoms with Crippen LogP contribution in [-0.2, 0) is 6.54 Å². The van der Waals surface area contributed by atoms with Gasteiger partial charge in [-0.05, 0) is 23.8 Å². The van der Waals surface area contributed by atoms with Crippen LogP contribution in [0.1, 0.15) is 5.56 Å². The Labute approximate surface area is 164 Å². The van der Waals surface area contributed by atoms with Crippen molar-refractivity contribution in [2.45, 2.75) is 6.54 Å². The summed E-state index contributed by atoms with van der Waals surface area (Å²) < 4.78 is 15.3. The standard InChI is InChI=1S/C21H16FN4O3/c22-14-6-9-19-18(10-14)24-20(16-11-15(26(28)29)7-8-17(16)23)21(27)25(19)12-13-4-2-1-3-5-13/h1-11H,12,23H2,(H,28,29)/q+1. The molecule has 3 N–H and O–H groups in total. The van der Waals surface area contributed by atoms with E-state index in [4.69, 9.17) is 5.73 Å². The van der Waals surface area contributed by atoms with Crippen molar-refractivity contribution in [1.29, 1.82) is 0 Å². The minimum absolute atomic E-state index is 0.0415. The molecule has 0 atom stereocenters. The van der Waals surface area contributed by atoms with Gasteiger partial charge in [-0.2, -0.15) is 0 Å². The molecule has 4 rings (SSSR count). The molecular formula is C21H16FN4O3+. The van der Waals surface area contributed by atoms with Gasteiger partial charge in [-0.25, -0.2) is 14.6 Å². The molecule has 0 bridgehead atoms. The summed E-state index contributed by atoms with van der Waals surface area (Å²) in [5.41, 5.74) is 7.38. The molecule has 1 aromatic heterocycles. The number of nitrogens with zero attached hydrogens (tertiary/aromatic N) is 3. The lowest BCUT2D eigenvalue weighted by molar-refractivity contribution is -0.729. The van der Waals surface area contributed by atoms with E-state index in [1.165, 1.54) is 41.0 Å². The van der Waals surface area contributed by atoms with E-state index in [0.29, 0.717) is 5.52 Å². The van der Waals surface area contributed by atoms with Gasteiger partial charge < -0.3 is 10.3 Å². The average Bonchev–Trinajstić information content (AvgIpc) is 2.71. The Morgan fingerprint density at radius 1 is 1.07 bits per heavy atom. The van der Waals surface area contributed by atoms with Crippen molar-refractivity contribution in [3.63, 3.8) is 0 Å². The van der Waals surface area contributed by atoms with E-state index in [0.717, 1.165) is 5.56 Å². The smallest absolute Gasteiger partial charge is 0.317 e. The Morgan fingerprint density at radius 2 is 1.83 bits per heavy atom. The first-order valence-electron chi connectivity index (χ1n) is 8.74. The van der Waals surface area contributed by atoms with Crippen LogP contribution in [0.3, 0.4) is 0 Å². The fourth-order valence-electron chi connectivity index (χ4n) is 3.19. The van der Waals surface area contributed by atoms with Gasteiger partial charge in [0.05, 0.1) is 22.5 Å². The molecule has 144 valence electrons. The molecular weight excluding hydrogens is 375 g/mol. The molecule has 0 aliphatic carbocycles. The van der Waals surface area contributed by atoms with Gasteiger partial charge in [0.1, 0.15) is 11.5 Å². The zero-order valence-corrected chi connectivity index (χ0v) is 15.1. The van der Waals surface area contributed by atoms with Gasteiger partial charge in [0, 0.05) is 29.4 Å². The number of nitrogen functional groups attached to an aromatic ring is 1. The van der Waals surface area contributed by atoms with Crippen molar-refractivity contribution in [1.82, 2.24) is 9.55 Å². The number of hydrogen-bond donors (Lipinski definition) is 2. The van der Waals surface area contributed by atoms with Crippen LogP contribution in [0.15, 0.2) is 71.5 Å². The van der Waals surface area contributed by atoms with E-state index in [9.17, 15) is 19.3 Å². The van der Waals surface area contributed by atoms with Crippen LogP contribution >= 0.6 is 0 Å². The fourth-order valence-corrected chi connectivity index (χ4v) is 3.19. The van der Waals surface area contributed by atoms with E-state index < -0.39 is 11.4 Å². The highest BCUT2D eigenvalue weighted by Crippen LogP contribution is 2.28. The van der Waals surface area contributed by atoms with Crippen molar-refractivity contribution in [3.05, 3.63) is 93.4 Å². The van der Waals surface area contributed by atoms with Crippen LogP contribution in [0, 0.1) is 10.7 Å². The van der Waals surface area contributed by atoms with Crippen LogP contribution in [-0.4, -0.2) is 19.7 Å². The Balaban J connectivity index is 2.01. The number of aromatic nitrogens is 2. The Hall–Kier alpha value is -4.07. The van der Waals surface area contributed by atoms with Crippen molar-refractivity contribution in [3.8, 4) is 11.3 Å². The molecule has 3 aromatic carbocycles. The zero-order valence-electron chi connectivity index (χ0n) is 15.1. The van der Waals surface area contributed by atoms with Gasteiger partial charge >= 0.3 is 5.69 Å². The number of fused-ring (bicyclic) bond motifs is 1. The monoisotopic (exact) mass is 391 g/mol. The maximum absolute atomic E-state index is 13.8. The number of halogens is 1. The number of benzene rings is 3. The lowest BCUT2D eigenvalue weighted by Gasteiger charge is -2.13. The molecule has 0 saturated carbocycles. The second kappa shape index (κ2) is 7.16. The maximum atomic E-state index is 13.8. The number of nitrogens with two attached hydrogens (primary N) is 1. The quantitative estimate of drug-likeness (QED) is 0.409. The lowest BCUT2D eigenvalue weighted by atomic mass is 10.1. The number of anilines is 1. The second-order valence-corrected chi connectivity index (χ2v) is 6.51. The van der Waals surface area contributed by atoms with Gasteiger partial charge in [-0.3, -0.25) is 4.79 Å². The topological polar surface area (TPSA) is 101 Å². The molecule has 0 fully saturated rings. The van der Waals surface area contributed by atoms with Gasteiger partial charge in [0.15, 0.2) is 0 Å². The summed E-state index contributed by atoms with van der Waals surface area (Å²) >= 11 is 0. The van der Waals surface area contributed by atoms with Crippen molar-refractivity contribution in [2.75, 3.05) is 5.73 Å². The van der Waals surface area contributed by atoms with E-state index in [1.807, 2.05) is 30.3 Å². The third-order valence-electron chi connectivity index (χ3n) is 4.60. The van der Waals surface area contributed by atoms with Crippen LogP contribution in [0.25, 0.3) is 22.3 Å². The minimum Gasteiger partial charge on any atom is -0.398 e. The molecule has 0 radical (unpaired) electrons. The molecule has 1 heterocycles. The van der Waals surface area contributed by atoms with E-state index in [1.54, 1.807) is 0 Å². The van der Waals surface area contributed by atoms with Crippen molar-refractivity contribution >= 4 is 22.4 Å². The highest BCUT2D eigenvalue weighted by Gasteiger charge is 2.20. The maximum Gasteiger partial charge on any atom is 0.317 e. The lowest BCUT2D eigenvalue weighted by Crippen LogP contribution is -2.24. The third kappa shape index (κ3) is 3.43. The first-order chi connectivity index (χ1) is 13.9. The molecule has 29 heavy (non-hydrogen) atoms. The fraction of sp³-hybridized carbons (Fsp3) is 0.0476. The highest BCUT2D eigenvalue weighted by atomic mass is 19.1. The van der Waals surface area contributed by atoms with Crippen LogP contribution in [0.4, 0.5) is 15.8 Å². The molecule has 0 aliphatic heterocycles. The van der Waals surface area contributed by atoms with Crippen LogP contribution < -0.4 is 11.3 Å². The van der Waals surface area contributed by atoms with Gasteiger partial charge in [-0.1, -0.05) is 30.3 Å². The molecule has 8 heteroatoms. The predicted molar refractivity (Wildman–Crippen MR) is 106 cm³/mol. The van der Waals surface area contributed by atoms with Crippen LogP contribution in [0.2, 0.25) is 0 Å². The zero-order chi connectivity index (χ0) is 20.5. The van der Waals surface area contributed by atoms with E-state index in [-0.39, 0.29) is 39.6 Å². The largest absolute Gasteiger partial charge is 0.398 e. The van der Waals surface area contributed by atoms with Crippen LogP contribution in [0.5, 0.6) is 0 Å². The molecule has 0 spiro atoms. The predicted octanol–water partition coefficient (Wildman–Crippen LogP) is 3.63. The molecule has 7 nitrogen and oxygen atoms in total. The highest BCUT2D eigenvalue weighted by molar-refractivity contribution is 5.82. The summed E-state index contributed by atoms with van der Waals surface area (Å²) in [6.45, 7) is 0.241. The molecule has 4 aromatic rings. The summed E-state index contributed by atoms with van der Waals surface area (Å²) in [6.07, 6.45) is 0. The first-order valence-corrected chi connectivity index (χ1v) is 8.74. The summed E-state index contributed by atoms with van der Waals surface area (Å²) in [6, 6.07) is 17.3. The average molecular weight is 391 g/mol. The van der Waals surface area contributed by atoms with E-state index in [2.05, 4.69) is 4.98 Å². The summed E-state index contributed by atoms with van der Waals surface area (Å²) in [7, 11) is 0. The van der Waals surface area contributed by atoms with Crippen molar-refractivity contribution in [2.24, 2.45) is 0 Å². The second-order valence-electron chi connectivity index (χ2n) is 6.51. The molecule has 0 aliphatic rings. The van der Waals surface area contributed by atoms with Gasteiger partial charge in [-0.15, -0.1) is 0 Å². The Bertz CT molecular complexity index is 1300. The summed E-state index contributed by atoms with van der Waals surface area (Å²) in [5, 5.41) is 9.20. The van der Waals surface area contributed by atoms with Gasteiger partial charge in [0.2, 0.25) is 0 Å². The normalized spacial score (nSPS) is 10.9. The van der Waals surface area contributed by atoms with Crippen molar-refractivity contribution < 1.29 is 14.5 Å². The summed E-state index contributed by atoms with van der Waals surface area (Å²) in [4.78, 5) is 28.6. The number of rotatable bonds is 4. The van der Waals surface area contributed by atoms with E-state index >= 15 is 0 Å². The Kier molecular flexibility index (Phi) is 4.52. The van der Waals surface area contributed by atoms with Gasteiger partial charge in [0.25, 0.3) is 10.5 Å². The third-order valence-corrected chi connectivity index (χ3v) is 4.60. The SMILES string of the molecule is Nc1ccc([N+](=O)O)cc1-c1nc2cc(F)ccc2n(Cc2ccccc2)c1=O. The minimum atomic E-state index is -0.497. The number of hydrogen-bond acceptors (Lipinski definition) is 4. The Morgan fingerprint density at radius 3 is 2.55 bits per heavy atom.